The molecule has 0 aliphatic carbocycles. The van der Waals surface area contributed by atoms with Crippen LogP contribution >= 0.6 is 0 Å². The molecule has 2 amide bonds. The fourth-order valence-corrected chi connectivity index (χ4v) is 5.72. The molecule has 3 aliphatic heterocycles. The number of para-hydroxylation sites is 1. The minimum absolute atomic E-state index is 0.0763. The first kappa shape index (κ1) is 22.8. The van der Waals surface area contributed by atoms with Crippen molar-refractivity contribution in [2.24, 2.45) is 5.92 Å². The highest BCUT2D eigenvalue weighted by molar-refractivity contribution is 6.00. The molecule has 7 nitrogen and oxygen atoms in total. The maximum absolute atomic E-state index is 14.0. The van der Waals surface area contributed by atoms with Crippen LogP contribution in [-0.4, -0.2) is 65.9 Å². The first-order valence-corrected chi connectivity index (χ1v) is 12.5. The van der Waals surface area contributed by atoms with Gasteiger partial charge in [0.25, 0.3) is 0 Å². The average Bonchev–Trinajstić information content (AvgIpc) is 3.31. The van der Waals surface area contributed by atoms with Crippen LogP contribution in [0.25, 0.3) is 0 Å². The molecule has 4 heterocycles. The Labute approximate surface area is 202 Å². The van der Waals surface area contributed by atoms with Crippen LogP contribution in [-0.2, 0) is 16.1 Å². The molecule has 1 N–H and O–H groups in total. The summed E-state index contributed by atoms with van der Waals surface area (Å²) in [5.41, 5.74) is 4.03. The van der Waals surface area contributed by atoms with Crippen molar-refractivity contribution in [3.8, 4) is 0 Å². The molecular weight excluding hydrogens is 426 g/mol. The van der Waals surface area contributed by atoms with Crippen molar-refractivity contribution in [3.63, 3.8) is 0 Å². The average molecular weight is 462 g/mol. The molecule has 2 fully saturated rings. The monoisotopic (exact) mass is 461 g/mol. The molecule has 0 bridgehead atoms. The number of rotatable bonds is 4. The number of anilines is 2. The molecule has 2 aromatic rings. The molecule has 3 aliphatic rings. The number of hydrogen-bond donors (Lipinski definition) is 1. The summed E-state index contributed by atoms with van der Waals surface area (Å²) in [5, 5.41) is 3.63. The molecule has 0 spiro atoms. The predicted molar refractivity (Wildman–Crippen MR) is 134 cm³/mol. The Morgan fingerprint density at radius 1 is 1.06 bits per heavy atom. The summed E-state index contributed by atoms with van der Waals surface area (Å²) in [5.74, 6) is 0.769. The lowest BCUT2D eigenvalue weighted by molar-refractivity contribution is -0.128. The summed E-state index contributed by atoms with van der Waals surface area (Å²) >= 11 is 0. The number of carbonyl (C=O) groups is 2. The number of fused-ring (bicyclic) bond motifs is 1. The molecular formula is C27H35N5O2. The van der Waals surface area contributed by atoms with E-state index in [1.165, 1.54) is 0 Å². The summed E-state index contributed by atoms with van der Waals surface area (Å²) < 4.78 is 0. The zero-order valence-corrected chi connectivity index (χ0v) is 20.5. The van der Waals surface area contributed by atoms with Crippen molar-refractivity contribution in [3.05, 3.63) is 53.2 Å². The second-order valence-corrected chi connectivity index (χ2v) is 10.2. The van der Waals surface area contributed by atoms with E-state index in [4.69, 9.17) is 4.98 Å². The van der Waals surface area contributed by atoms with Gasteiger partial charge >= 0.3 is 0 Å². The Morgan fingerprint density at radius 2 is 1.82 bits per heavy atom. The number of pyridine rings is 1. The number of likely N-dealkylation sites (tertiary alicyclic amines) is 2. The standard InChI is InChI=1S/C27H35N5O2/c1-18-6-4-5-7-23(18)32-17-21-8-9-24(28-22-11-13-30(3)14-12-22)29-26(21)25(27(32)34)20-10-15-31(16-20)19(2)33/h4-9,20,22,25H,10-17H2,1-3H3,(H,28,29). The largest absolute Gasteiger partial charge is 0.367 e. The van der Waals surface area contributed by atoms with Crippen molar-refractivity contribution in [1.29, 1.82) is 0 Å². The minimum Gasteiger partial charge on any atom is -0.367 e. The fourth-order valence-electron chi connectivity index (χ4n) is 5.72. The van der Waals surface area contributed by atoms with Gasteiger partial charge in [0.1, 0.15) is 5.82 Å². The van der Waals surface area contributed by atoms with Crippen LogP contribution in [0.4, 0.5) is 11.5 Å². The van der Waals surface area contributed by atoms with Gasteiger partial charge in [0, 0.05) is 31.7 Å². The van der Waals surface area contributed by atoms with E-state index in [0.717, 1.165) is 60.7 Å². The predicted octanol–water partition coefficient (Wildman–Crippen LogP) is 3.39. The Balaban J connectivity index is 1.48. The van der Waals surface area contributed by atoms with Gasteiger partial charge < -0.3 is 20.0 Å². The third-order valence-corrected chi connectivity index (χ3v) is 7.79. The lowest BCUT2D eigenvalue weighted by Crippen LogP contribution is -2.44. The Hall–Kier alpha value is -2.93. The van der Waals surface area contributed by atoms with Gasteiger partial charge in [0.15, 0.2) is 0 Å². The summed E-state index contributed by atoms with van der Waals surface area (Å²) in [6, 6.07) is 12.7. The maximum Gasteiger partial charge on any atom is 0.236 e. The zero-order valence-electron chi connectivity index (χ0n) is 20.5. The topological polar surface area (TPSA) is 68.8 Å². The minimum atomic E-state index is -0.341. The van der Waals surface area contributed by atoms with Gasteiger partial charge in [-0.25, -0.2) is 4.98 Å². The third kappa shape index (κ3) is 4.41. The highest BCUT2D eigenvalue weighted by atomic mass is 16.2. The van der Waals surface area contributed by atoms with Gasteiger partial charge in [-0.3, -0.25) is 9.59 Å². The van der Waals surface area contributed by atoms with Crippen LogP contribution < -0.4 is 10.2 Å². The summed E-state index contributed by atoms with van der Waals surface area (Å²) in [6.07, 6.45) is 3.01. The molecule has 1 aromatic carbocycles. The van der Waals surface area contributed by atoms with E-state index in [1.807, 2.05) is 41.0 Å². The lowest BCUT2D eigenvalue weighted by atomic mass is 9.82. The van der Waals surface area contributed by atoms with Crippen LogP contribution in [0.5, 0.6) is 0 Å². The second-order valence-electron chi connectivity index (χ2n) is 10.2. The van der Waals surface area contributed by atoms with Crippen molar-refractivity contribution >= 4 is 23.3 Å². The quantitative estimate of drug-likeness (QED) is 0.756. The Bertz CT molecular complexity index is 1080. The molecule has 180 valence electrons. The number of piperidine rings is 1. The second kappa shape index (κ2) is 9.37. The van der Waals surface area contributed by atoms with Crippen molar-refractivity contribution in [2.45, 2.75) is 51.6 Å². The molecule has 2 atom stereocenters. The molecule has 2 unspecified atom stereocenters. The number of benzene rings is 1. The maximum atomic E-state index is 14.0. The summed E-state index contributed by atoms with van der Waals surface area (Å²) in [4.78, 5) is 37.2. The number of amides is 2. The van der Waals surface area contributed by atoms with E-state index in [-0.39, 0.29) is 23.7 Å². The highest BCUT2D eigenvalue weighted by Gasteiger charge is 2.43. The van der Waals surface area contributed by atoms with Crippen LogP contribution in [0.1, 0.15) is 48.9 Å². The van der Waals surface area contributed by atoms with Crippen molar-refractivity contribution in [1.82, 2.24) is 14.8 Å². The van der Waals surface area contributed by atoms with Crippen molar-refractivity contribution < 1.29 is 9.59 Å². The SMILES string of the molecule is CC(=O)N1CCC(C2C(=O)N(c3ccccc3C)Cc3ccc(NC4CCN(C)CC4)nc32)C1. The van der Waals surface area contributed by atoms with Crippen molar-refractivity contribution in [2.75, 3.05) is 43.4 Å². The lowest BCUT2D eigenvalue weighted by Gasteiger charge is -2.37. The van der Waals surface area contributed by atoms with Crippen LogP contribution in [0.2, 0.25) is 0 Å². The number of aryl methyl sites for hydroxylation is 1. The third-order valence-electron chi connectivity index (χ3n) is 7.79. The number of carbonyl (C=O) groups excluding carboxylic acids is 2. The van der Waals surface area contributed by atoms with Gasteiger partial charge in [-0.2, -0.15) is 0 Å². The Kier molecular flexibility index (Phi) is 6.30. The molecule has 1 aromatic heterocycles. The normalized spacial score (nSPS) is 23.8. The number of nitrogens with zero attached hydrogens (tertiary/aromatic N) is 4. The number of aromatic nitrogens is 1. The van der Waals surface area contributed by atoms with Gasteiger partial charge in [-0.15, -0.1) is 0 Å². The van der Waals surface area contributed by atoms with E-state index in [9.17, 15) is 9.59 Å². The van der Waals surface area contributed by atoms with Gasteiger partial charge in [-0.1, -0.05) is 24.3 Å². The molecule has 7 heteroatoms. The zero-order chi connectivity index (χ0) is 23.8. The van der Waals surface area contributed by atoms with E-state index in [1.54, 1.807) is 6.92 Å². The first-order chi connectivity index (χ1) is 16.4. The van der Waals surface area contributed by atoms with E-state index in [2.05, 4.69) is 29.4 Å². The van der Waals surface area contributed by atoms with Crippen LogP contribution in [0.15, 0.2) is 36.4 Å². The smallest absolute Gasteiger partial charge is 0.236 e. The fraction of sp³-hybridized carbons (Fsp3) is 0.519. The highest BCUT2D eigenvalue weighted by Crippen LogP contribution is 2.40. The van der Waals surface area contributed by atoms with Gasteiger partial charge in [0.05, 0.1) is 18.2 Å². The van der Waals surface area contributed by atoms with E-state index in [0.29, 0.717) is 25.7 Å². The molecule has 2 saturated heterocycles. The Morgan fingerprint density at radius 3 is 2.53 bits per heavy atom. The molecule has 0 radical (unpaired) electrons. The molecule has 5 rings (SSSR count). The first-order valence-electron chi connectivity index (χ1n) is 12.5. The molecule has 0 saturated carbocycles. The van der Waals surface area contributed by atoms with Crippen LogP contribution in [0.3, 0.4) is 0 Å². The van der Waals surface area contributed by atoms with E-state index < -0.39 is 0 Å². The van der Waals surface area contributed by atoms with Gasteiger partial charge in [-0.05, 0) is 75.5 Å². The summed E-state index contributed by atoms with van der Waals surface area (Å²) in [6.45, 7) is 7.67. The van der Waals surface area contributed by atoms with Gasteiger partial charge in [0.2, 0.25) is 11.8 Å². The number of hydrogen-bond acceptors (Lipinski definition) is 5. The molecule has 34 heavy (non-hydrogen) atoms. The summed E-state index contributed by atoms with van der Waals surface area (Å²) in [7, 11) is 2.16. The van der Waals surface area contributed by atoms with Crippen LogP contribution in [0, 0.1) is 12.8 Å². The number of nitrogens with one attached hydrogen (secondary N) is 1. The van der Waals surface area contributed by atoms with E-state index >= 15 is 0 Å².